The number of hydrogen-bond acceptors (Lipinski definition) is 4. The molecule has 0 aromatic carbocycles. The first-order valence-electron chi connectivity index (χ1n) is 6.89. The molecule has 2 fully saturated rings. The molecular weight excluding hydrogens is 276 g/mol. The second-order valence-electron chi connectivity index (χ2n) is 5.39. The highest BCUT2D eigenvalue weighted by Crippen LogP contribution is 2.25. The quantitative estimate of drug-likeness (QED) is 0.866. The molecule has 3 rings (SSSR count). The monoisotopic (exact) mass is 294 g/mol. The molecule has 1 aromatic heterocycles. The number of amides is 3. The molecule has 0 spiro atoms. The molecule has 1 atom stereocenters. The summed E-state index contributed by atoms with van der Waals surface area (Å²) in [5.41, 5.74) is 1.16. The molecule has 2 aliphatic rings. The fourth-order valence-electron chi connectivity index (χ4n) is 2.79. The zero-order valence-corrected chi connectivity index (χ0v) is 12.2. The number of ether oxygens (including phenoxy) is 1. The van der Waals surface area contributed by atoms with E-state index < -0.39 is 0 Å². The highest BCUT2D eigenvalue weighted by atomic mass is 32.1. The van der Waals surface area contributed by atoms with Gasteiger partial charge in [-0.05, 0) is 42.7 Å². The van der Waals surface area contributed by atoms with Gasteiger partial charge in [0.05, 0.1) is 6.54 Å². The number of aryl methyl sites for hydroxylation is 1. The fraction of sp³-hybridized carbons (Fsp3) is 0.571. The van der Waals surface area contributed by atoms with Crippen molar-refractivity contribution in [1.82, 2.24) is 10.2 Å². The number of carbonyl (C=O) groups is 2. The summed E-state index contributed by atoms with van der Waals surface area (Å²) in [5, 5.41) is 4.87. The molecule has 6 heteroatoms. The van der Waals surface area contributed by atoms with Crippen LogP contribution in [0, 0.1) is 12.8 Å². The van der Waals surface area contributed by atoms with Crippen LogP contribution in [0.1, 0.15) is 23.3 Å². The molecule has 3 amide bonds. The Bertz CT molecular complexity index is 522. The lowest BCUT2D eigenvalue weighted by atomic mass is 9.92. The van der Waals surface area contributed by atoms with Crippen molar-refractivity contribution in [2.75, 3.05) is 13.2 Å². The molecule has 0 aliphatic carbocycles. The van der Waals surface area contributed by atoms with E-state index in [1.54, 1.807) is 11.3 Å². The van der Waals surface area contributed by atoms with E-state index in [4.69, 9.17) is 4.74 Å². The van der Waals surface area contributed by atoms with Crippen molar-refractivity contribution in [2.24, 2.45) is 5.92 Å². The van der Waals surface area contributed by atoms with Gasteiger partial charge in [0.25, 0.3) is 5.91 Å². The fourth-order valence-corrected chi connectivity index (χ4v) is 3.65. The van der Waals surface area contributed by atoms with Crippen LogP contribution < -0.4 is 5.32 Å². The number of carbonyl (C=O) groups excluding carboxylic acids is 2. The van der Waals surface area contributed by atoms with Crippen LogP contribution in [0.2, 0.25) is 0 Å². The van der Waals surface area contributed by atoms with E-state index in [1.165, 1.54) is 4.90 Å². The minimum Gasteiger partial charge on any atom is -0.381 e. The Hall–Kier alpha value is -1.40. The maximum absolute atomic E-state index is 12.4. The van der Waals surface area contributed by atoms with Gasteiger partial charge in [-0.15, -0.1) is 11.3 Å². The predicted octanol–water partition coefficient (Wildman–Crippen LogP) is 1.90. The van der Waals surface area contributed by atoms with Gasteiger partial charge in [0.2, 0.25) is 0 Å². The molecule has 20 heavy (non-hydrogen) atoms. The van der Waals surface area contributed by atoms with Crippen molar-refractivity contribution >= 4 is 23.3 Å². The van der Waals surface area contributed by atoms with Gasteiger partial charge in [0.1, 0.15) is 6.04 Å². The van der Waals surface area contributed by atoms with Crippen molar-refractivity contribution in [3.8, 4) is 0 Å². The number of urea groups is 1. The van der Waals surface area contributed by atoms with Crippen LogP contribution >= 0.6 is 11.3 Å². The van der Waals surface area contributed by atoms with Gasteiger partial charge in [0.15, 0.2) is 0 Å². The van der Waals surface area contributed by atoms with Crippen LogP contribution in [0.4, 0.5) is 4.79 Å². The molecule has 0 bridgehead atoms. The first kappa shape index (κ1) is 13.6. The van der Waals surface area contributed by atoms with Gasteiger partial charge < -0.3 is 10.1 Å². The van der Waals surface area contributed by atoms with E-state index >= 15 is 0 Å². The Morgan fingerprint density at radius 3 is 2.80 bits per heavy atom. The summed E-state index contributed by atoms with van der Waals surface area (Å²) < 4.78 is 5.31. The van der Waals surface area contributed by atoms with E-state index in [-0.39, 0.29) is 23.9 Å². The molecule has 108 valence electrons. The van der Waals surface area contributed by atoms with E-state index in [1.807, 2.05) is 18.4 Å². The molecule has 0 radical (unpaired) electrons. The Morgan fingerprint density at radius 1 is 1.40 bits per heavy atom. The number of thiophene rings is 1. The topological polar surface area (TPSA) is 58.6 Å². The van der Waals surface area contributed by atoms with Gasteiger partial charge in [-0.25, -0.2) is 4.79 Å². The Balaban J connectivity index is 1.69. The molecule has 2 saturated heterocycles. The maximum Gasteiger partial charge on any atom is 0.325 e. The van der Waals surface area contributed by atoms with Crippen LogP contribution in [0.5, 0.6) is 0 Å². The van der Waals surface area contributed by atoms with Crippen molar-refractivity contribution in [3.05, 3.63) is 21.9 Å². The van der Waals surface area contributed by atoms with Crippen LogP contribution in [-0.2, 0) is 16.1 Å². The standard InChI is InChI=1S/C14H18N2O3S/c1-9-6-11(20-8-9)7-16-13(17)12(15-14(16)18)10-2-4-19-5-3-10/h6,8,10,12H,2-5,7H2,1H3,(H,15,18). The largest absolute Gasteiger partial charge is 0.381 e. The van der Waals surface area contributed by atoms with Crippen LogP contribution in [0.3, 0.4) is 0 Å². The molecule has 1 aromatic rings. The van der Waals surface area contributed by atoms with Gasteiger partial charge in [-0.3, -0.25) is 9.69 Å². The third-order valence-electron chi connectivity index (χ3n) is 3.89. The first-order valence-corrected chi connectivity index (χ1v) is 7.77. The summed E-state index contributed by atoms with van der Waals surface area (Å²) in [6, 6.07) is 1.39. The van der Waals surface area contributed by atoms with E-state index in [0.717, 1.165) is 23.3 Å². The van der Waals surface area contributed by atoms with E-state index in [0.29, 0.717) is 19.8 Å². The molecule has 3 heterocycles. The number of imide groups is 1. The summed E-state index contributed by atoms with van der Waals surface area (Å²) >= 11 is 1.58. The Labute approximate surface area is 121 Å². The lowest BCUT2D eigenvalue weighted by molar-refractivity contribution is -0.129. The van der Waals surface area contributed by atoms with Crippen molar-refractivity contribution in [1.29, 1.82) is 0 Å². The Kier molecular flexibility index (Phi) is 3.76. The van der Waals surface area contributed by atoms with Crippen LogP contribution in [0.25, 0.3) is 0 Å². The highest BCUT2D eigenvalue weighted by Gasteiger charge is 2.42. The van der Waals surface area contributed by atoms with E-state index in [9.17, 15) is 9.59 Å². The lowest BCUT2D eigenvalue weighted by Crippen LogP contribution is -2.40. The van der Waals surface area contributed by atoms with Gasteiger partial charge in [0, 0.05) is 18.1 Å². The summed E-state index contributed by atoms with van der Waals surface area (Å²) in [7, 11) is 0. The summed E-state index contributed by atoms with van der Waals surface area (Å²) in [6.45, 7) is 3.74. The number of hydrogen-bond donors (Lipinski definition) is 1. The molecule has 5 nitrogen and oxygen atoms in total. The third kappa shape index (κ3) is 2.58. The first-order chi connectivity index (χ1) is 9.65. The van der Waals surface area contributed by atoms with E-state index in [2.05, 4.69) is 5.32 Å². The second-order valence-corrected chi connectivity index (χ2v) is 6.39. The zero-order valence-electron chi connectivity index (χ0n) is 11.4. The molecular formula is C14H18N2O3S. The second kappa shape index (κ2) is 5.54. The normalized spacial score (nSPS) is 24.2. The molecule has 0 saturated carbocycles. The number of nitrogens with one attached hydrogen (secondary N) is 1. The van der Waals surface area contributed by atoms with Crippen molar-refractivity contribution in [3.63, 3.8) is 0 Å². The summed E-state index contributed by atoms with van der Waals surface area (Å²) in [5.74, 6) is 0.114. The van der Waals surface area contributed by atoms with Gasteiger partial charge in [-0.2, -0.15) is 0 Å². The third-order valence-corrected chi connectivity index (χ3v) is 4.93. The number of nitrogens with zero attached hydrogens (tertiary/aromatic N) is 1. The molecule has 1 unspecified atom stereocenters. The van der Waals surface area contributed by atoms with Crippen molar-refractivity contribution < 1.29 is 14.3 Å². The SMILES string of the molecule is Cc1csc(CN2C(=O)NC(C3CCOCC3)C2=O)c1. The minimum atomic E-state index is -0.368. The van der Waals surface area contributed by atoms with Gasteiger partial charge >= 0.3 is 6.03 Å². The summed E-state index contributed by atoms with van der Waals surface area (Å²) in [6.07, 6.45) is 1.67. The lowest BCUT2D eigenvalue weighted by Gasteiger charge is -2.25. The number of rotatable bonds is 3. The highest BCUT2D eigenvalue weighted by molar-refractivity contribution is 7.10. The Morgan fingerprint density at radius 2 is 2.15 bits per heavy atom. The average Bonchev–Trinajstić information content (AvgIpc) is 2.98. The predicted molar refractivity (Wildman–Crippen MR) is 75.5 cm³/mol. The molecule has 1 N–H and O–H groups in total. The van der Waals surface area contributed by atoms with Gasteiger partial charge in [-0.1, -0.05) is 0 Å². The average molecular weight is 294 g/mol. The van der Waals surface area contributed by atoms with Crippen molar-refractivity contribution in [2.45, 2.75) is 32.4 Å². The van der Waals surface area contributed by atoms with Crippen LogP contribution in [-0.4, -0.2) is 36.1 Å². The molecule has 2 aliphatic heterocycles. The smallest absolute Gasteiger partial charge is 0.325 e. The van der Waals surface area contributed by atoms with Crippen LogP contribution in [0.15, 0.2) is 11.4 Å². The maximum atomic E-state index is 12.4. The minimum absolute atomic E-state index is 0.0899. The summed E-state index contributed by atoms with van der Waals surface area (Å²) in [4.78, 5) is 26.8. The zero-order chi connectivity index (χ0) is 14.1.